The zero-order valence-corrected chi connectivity index (χ0v) is 12.9. The molecule has 0 aliphatic carbocycles. The summed E-state index contributed by atoms with van der Waals surface area (Å²) in [6.45, 7) is 11.4. The molecule has 1 heterocycles. The molecule has 0 saturated heterocycles. The van der Waals surface area contributed by atoms with Gasteiger partial charge in [0.15, 0.2) is 5.58 Å². The first kappa shape index (κ1) is 15.0. The molecule has 4 heteroatoms. The summed E-state index contributed by atoms with van der Waals surface area (Å²) in [5.74, 6) is 0.538. The van der Waals surface area contributed by atoms with Crippen LogP contribution in [0.4, 0.5) is 0 Å². The van der Waals surface area contributed by atoms with Crippen LogP contribution in [0.3, 0.4) is 0 Å². The maximum absolute atomic E-state index is 5.67. The van der Waals surface area contributed by atoms with Crippen LogP contribution in [0.25, 0.3) is 16.5 Å². The van der Waals surface area contributed by atoms with Crippen LogP contribution in [0.5, 0.6) is 5.88 Å². The highest BCUT2D eigenvalue weighted by molar-refractivity contribution is 5.92. The Kier molecular flexibility index (Phi) is 4.58. The van der Waals surface area contributed by atoms with Gasteiger partial charge in [0.25, 0.3) is 5.88 Å². The van der Waals surface area contributed by atoms with Crippen molar-refractivity contribution in [3.8, 4) is 5.88 Å². The molecule has 0 aliphatic rings. The van der Waals surface area contributed by atoms with Crippen LogP contribution in [0.15, 0.2) is 45.6 Å². The number of hydrogen-bond donors (Lipinski definition) is 0. The molecule has 0 N–H and O–H groups in total. The second kappa shape index (κ2) is 6.39. The number of rotatable bonds is 5. The van der Waals surface area contributed by atoms with Crippen LogP contribution in [-0.2, 0) is 0 Å². The number of nitrogens with zero attached hydrogens (tertiary/aromatic N) is 2. The average molecular weight is 284 g/mol. The third-order valence-electron chi connectivity index (χ3n) is 3.24. The summed E-state index contributed by atoms with van der Waals surface area (Å²) in [4.78, 5) is 3.73. The summed E-state index contributed by atoms with van der Waals surface area (Å²) in [7, 11) is 0. The Bertz CT molecular complexity index is 709. The number of para-hydroxylation sites is 1. The van der Waals surface area contributed by atoms with Crippen molar-refractivity contribution in [1.82, 2.24) is 5.16 Å². The minimum absolute atomic E-state index is 0.0573. The molecule has 110 valence electrons. The van der Waals surface area contributed by atoms with Crippen molar-refractivity contribution in [3.63, 3.8) is 0 Å². The zero-order valence-electron chi connectivity index (χ0n) is 12.9. The van der Waals surface area contributed by atoms with Gasteiger partial charge < -0.3 is 9.26 Å². The lowest BCUT2D eigenvalue weighted by molar-refractivity contribution is 0.221. The van der Waals surface area contributed by atoms with Gasteiger partial charge in [-0.2, -0.15) is 0 Å². The van der Waals surface area contributed by atoms with Gasteiger partial charge in [-0.05, 0) is 62.9 Å². The highest BCUT2D eigenvalue weighted by Crippen LogP contribution is 2.32. The van der Waals surface area contributed by atoms with E-state index >= 15 is 0 Å². The third kappa shape index (κ3) is 3.21. The molecule has 4 nitrogen and oxygen atoms in total. The van der Waals surface area contributed by atoms with Crippen molar-refractivity contribution in [1.29, 1.82) is 0 Å². The van der Waals surface area contributed by atoms with E-state index in [2.05, 4.69) is 16.9 Å². The van der Waals surface area contributed by atoms with Crippen LogP contribution in [0.1, 0.15) is 33.3 Å². The lowest BCUT2D eigenvalue weighted by Crippen LogP contribution is -2.05. The number of fused-ring (bicyclic) bond motifs is 1. The van der Waals surface area contributed by atoms with Gasteiger partial charge in [-0.1, -0.05) is 12.1 Å². The van der Waals surface area contributed by atoms with Crippen LogP contribution < -0.4 is 4.74 Å². The molecular formula is C17H20N2O2. The smallest absolute Gasteiger partial charge is 0.262 e. The Morgan fingerprint density at radius 2 is 2.14 bits per heavy atom. The molecule has 1 aromatic carbocycles. The topological polar surface area (TPSA) is 47.6 Å². The summed E-state index contributed by atoms with van der Waals surface area (Å²) in [6.07, 6.45) is 3.65. The summed E-state index contributed by atoms with van der Waals surface area (Å²) in [5, 5.41) is 4.92. The first-order valence-corrected chi connectivity index (χ1v) is 6.90. The van der Waals surface area contributed by atoms with Crippen molar-refractivity contribution in [2.45, 2.75) is 33.8 Å². The van der Waals surface area contributed by atoms with E-state index in [-0.39, 0.29) is 6.10 Å². The van der Waals surface area contributed by atoms with Crippen molar-refractivity contribution in [2.75, 3.05) is 0 Å². The van der Waals surface area contributed by atoms with E-state index in [1.165, 1.54) is 0 Å². The second-order valence-corrected chi connectivity index (χ2v) is 5.14. The van der Waals surface area contributed by atoms with Gasteiger partial charge in [0, 0.05) is 11.8 Å². The maximum atomic E-state index is 5.67. The zero-order chi connectivity index (χ0) is 15.4. The highest BCUT2D eigenvalue weighted by Gasteiger charge is 2.15. The number of allylic oxidation sites excluding steroid dienone is 3. The fraction of sp³-hybridized carbons (Fsp3) is 0.294. The standard InChI is InChI=1S/C17H20N2O2/c1-11(2)20-17-15-8-6-7-14(16(15)21-19-17)13(4)12(3)9-10-18-5/h6-11H,5H2,1-4H3/b10-9-,13-12+. The monoisotopic (exact) mass is 284 g/mol. The Morgan fingerprint density at radius 3 is 2.81 bits per heavy atom. The summed E-state index contributed by atoms with van der Waals surface area (Å²) in [5.41, 5.74) is 3.94. The van der Waals surface area contributed by atoms with Crippen LogP contribution >= 0.6 is 0 Å². The molecule has 2 rings (SSSR count). The minimum Gasteiger partial charge on any atom is -0.472 e. The van der Waals surface area contributed by atoms with Crippen LogP contribution in [0.2, 0.25) is 0 Å². The summed E-state index contributed by atoms with van der Waals surface area (Å²) < 4.78 is 11.2. The fourth-order valence-corrected chi connectivity index (χ4v) is 2.05. The molecule has 0 atom stereocenters. The molecule has 0 aliphatic heterocycles. The number of aliphatic imine (C=N–C) groups is 1. The van der Waals surface area contributed by atoms with E-state index in [0.717, 1.165) is 27.7 Å². The first-order chi connectivity index (χ1) is 10.0. The first-order valence-electron chi connectivity index (χ1n) is 6.90. The quantitative estimate of drug-likeness (QED) is 0.594. The highest BCUT2D eigenvalue weighted by atomic mass is 16.5. The molecule has 0 unspecified atom stereocenters. The molecule has 0 spiro atoms. The Balaban J connectivity index is 2.53. The predicted molar refractivity (Wildman–Crippen MR) is 86.7 cm³/mol. The van der Waals surface area contributed by atoms with Crippen molar-refractivity contribution < 1.29 is 9.26 Å². The van der Waals surface area contributed by atoms with E-state index in [4.69, 9.17) is 9.26 Å². The average Bonchev–Trinajstić information content (AvgIpc) is 2.86. The van der Waals surface area contributed by atoms with Gasteiger partial charge in [-0.25, -0.2) is 0 Å². The van der Waals surface area contributed by atoms with Crippen LogP contribution in [0, 0.1) is 0 Å². The van der Waals surface area contributed by atoms with E-state index in [1.54, 1.807) is 6.20 Å². The normalized spacial score (nSPS) is 13.0. The molecule has 0 amide bonds. The molecule has 1 aromatic heterocycles. The van der Waals surface area contributed by atoms with E-state index in [1.807, 2.05) is 52.0 Å². The van der Waals surface area contributed by atoms with Crippen molar-refractivity contribution in [3.05, 3.63) is 41.6 Å². The fourth-order valence-electron chi connectivity index (χ4n) is 2.05. The predicted octanol–water partition coefficient (Wildman–Crippen LogP) is 4.62. The van der Waals surface area contributed by atoms with E-state index < -0.39 is 0 Å². The molecular weight excluding hydrogens is 264 g/mol. The molecule has 0 bridgehead atoms. The molecule has 0 saturated carbocycles. The Hall–Kier alpha value is -2.36. The summed E-state index contributed by atoms with van der Waals surface area (Å²) in [6, 6.07) is 5.95. The van der Waals surface area contributed by atoms with Gasteiger partial charge in [0.2, 0.25) is 0 Å². The lowest BCUT2D eigenvalue weighted by atomic mass is 10.0. The Morgan fingerprint density at radius 1 is 1.38 bits per heavy atom. The van der Waals surface area contributed by atoms with Crippen LogP contribution in [-0.4, -0.2) is 18.0 Å². The number of aromatic nitrogens is 1. The third-order valence-corrected chi connectivity index (χ3v) is 3.24. The number of benzene rings is 1. The van der Waals surface area contributed by atoms with Gasteiger partial charge in [0.1, 0.15) is 0 Å². The molecule has 0 radical (unpaired) electrons. The van der Waals surface area contributed by atoms with E-state index in [0.29, 0.717) is 5.88 Å². The second-order valence-electron chi connectivity index (χ2n) is 5.14. The molecule has 2 aromatic rings. The van der Waals surface area contributed by atoms with Gasteiger partial charge >= 0.3 is 0 Å². The number of ether oxygens (including phenoxy) is 1. The number of hydrogen-bond acceptors (Lipinski definition) is 4. The lowest BCUT2D eigenvalue weighted by Gasteiger charge is -2.06. The molecule has 0 fully saturated rings. The molecule has 21 heavy (non-hydrogen) atoms. The van der Waals surface area contributed by atoms with Crippen molar-refractivity contribution >= 4 is 23.3 Å². The van der Waals surface area contributed by atoms with Gasteiger partial charge in [-0.15, -0.1) is 0 Å². The summed E-state index contributed by atoms with van der Waals surface area (Å²) >= 11 is 0. The largest absolute Gasteiger partial charge is 0.472 e. The van der Waals surface area contributed by atoms with Gasteiger partial charge in [-0.3, -0.25) is 4.99 Å². The SMILES string of the molecule is C=N/C=C\C(C)=C(/C)c1cccc2c(OC(C)C)noc12. The van der Waals surface area contributed by atoms with Gasteiger partial charge in [0.05, 0.1) is 11.5 Å². The van der Waals surface area contributed by atoms with Crippen molar-refractivity contribution in [2.24, 2.45) is 4.99 Å². The minimum atomic E-state index is 0.0573. The maximum Gasteiger partial charge on any atom is 0.262 e. The Labute approximate surface area is 124 Å². The van der Waals surface area contributed by atoms with E-state index in [9.17, 15) is 0 Å².